The van der Waals surface area contributed by atoms with E-state index in [9.17, 15) is 19.5 Å². The first kappa shape index (κ1) is 22.1. The first-order chi connectivity index (χ1) is 14.9. The van der Waals surface area contributed by atoms with Crippen LogP contribution in [0.15, 0.2) is 36.7 Å². The molecule has 0 saturated carbocycles. The van der Waals surface area contributed by atoms with Gasteiger partial charge in [0.05, 0.1) is 30.4 Å². The van der Waals surface area contributed by atoms with E-state index in [2.05, 4.69) is 17.2 Å². The van der Waals surface area contributed by atoms with Gasteiger partial charge in [-0.05, 0) is 31.4 Å². The van der Waals surface area contributed by atoms with Gasteiger partial charge in [0.15, 0.2) is 0 Å². The van der Waals surface area contributed by atoms with E-state index in [1.807, 2.05) is 18.2 Å². The molecule has 9 heteroatoms. The summed E-state index contributed by atoms with van der Waals surface area (Å²) >= 11 is 0. The molecule has 3 N–H and O–H groups in total. The Morgan fingerprint density at radius 1 is 1.29 bits per heavy atom. The molecular weight excluding hydrogens is 402 g/mol. The number of unbranched alkanes of at least 4 members (excludes halogenated alkanes) is 1. The molecule has 1 aliphatic carbocycles. The van der Waals surface area contributed by atoms with Gasteiger partial charge in [0.1, 0.15) is 11.4 Å². The SMILES string of the molecule is CCCCOc1ccccc1NC(=O)C1CCc2c(ncn2/C(=C\C(=O)O)C(=O)O)C1. The molecule has 1 amide bonds. The highest BCUT2D eigenvalue weighted by Crippen LogP contribution is 2.30. The Kier molecular flexibility index (Phi) is 7.07. The minimum absolute atomic E-state index is 0.161. The van der Waals surface area contributed by atoms with Gasteiger partial charge in [-0.15, -0.1) is 0 Å². The second kappa shape index (κ2) is 9.92. The van der Waals surface area contributed by atoms with Crippen LogP contribution < -0.4 is 10.1 Å². The Hall–Kier alpha value is -3.62. The van der Waals surface area contributed by atoms with E-state index in [0.717, 1.165) is 12.8 Å². The molecule has 1 heterocycles. The van der Waals surface area contributed by atoms with Crippen LogP contribution in [0.3, 0.4) is 0 Å². The number of imidazole rings is 1. The fourth-order valence-corrected chi connectivity index (χ4v) is 3.53. The molecular formula is C22H25N3O6. The summed E-state index contributed by atoms with van der Waals surface area (Å²) in [5.41, 5.74) is 1.43. The highest BCUT2D eigenvalue weighted by molar-refractivity contribution is 6.13. The van der Waals surface area contributed by atoms with Crippen molar-refractivity contribution >= 4 is 29.2 Å². The number of ether oxygens (including phenoxy) is 1. The van der Waals surface area contributed by atoms with Crippen LogP contribution in [0.1, 0.15) is 37.6 Å². The number of hydrogen-bond donors (Lipinski definition) is 3. The molecule has 0 radical (unpaired) electrons. The van der Waals surface area contributed by atoms with Crippen molar-refractivity contribution in [3.05, 3.63) is 48.1 Å². The standard InChI is InChI=1S/C22H25N3O6/c1-2-3-10-31-19-7-5-4-6-15(19)24-21(28)14-8-9-17-16(11-14)23-13-25(17)18(22(29)30)12-20(26)27/h4-7,12-14H,2-3,8-11H2,1H3,(H,24,28)(H,26,27)(H,29,30)/b18-12-. The molecule has 164 valence electrons. The topological polar surface area (TPSA) is 131 Å². The number of carboxylic acid groups (broad SMARTS) is 2. The van der Waals surface area contributed by atoms with Gasteiger partial charge >= 0.3 is 11.9 Å². The second-order valence-electron chi connectivity index (χ2n) is 7.31. The number of amides is 1. The van der Waals surface area contributed by atoms with Crippen molar-refractivity contribution in [2.75, 3.05) is 11.9 Å². The molecule has 0 fully saturated rings. The summed E-state index contributed by atoms with van der Waals surface area (Å²) in [5, 5.41) is 21.2. The fourth-order valence-electron chi connectivity index (χ4n) is 3.53. The molecule has 9 nitrogen and oxygen atoms in total. The van der Waals surface area contributed by atoms with Crippen molar-refractivity contribution in [3.63, 3.8) is 0 Å². The molecule has 1 aromatic heterocycles. The lowest BCUT2D eigenvalue weighted by Gasteiger charge is -2.23. The largest absolute Gasteiger partial charge is 0.491 e. The third kappa shape index (κ3) is 5.30. The Bertz CT molecular complexity index is 1010. The molecule has 0 bridgehead atoms. The molecule has 0 aliphatic heterocycles. The summed E-state index contributed by atoms with van der Waals surface area (Å²) in [7, 11) is 0. The van der Waals surface area contributed by atoms with Crippen LogP contribution in [0.4, 0.5) is 5.69 Å². The first-order valence-corrected chi connectivity index (χ1v) is 10.2. The number of aromatic nitrogens is 2. The number of aliphatic carboxylic acids is 2. The maximum atomic E-state index is 12.9. The molecule has 31 heavy (non-hydrogen) atoms. The van der Waals surface area contributed by atoms with E-state index in [0.29, 0.717) is 54.8 Å². The third-order valence-electron chi connectivity index (χ3n) is 5.13. The van der Waals surface area contributed by atoms with Crippen LogP contribution in [0.2, 0.25) is 0 Å². The van der Waals surface area contributed by atoms with Gasteiger partial charge in [0.25, 0.3) is 0 Å². The Balaban J connectivity index is 1.72. The van der Waals surface area contributed by atoms with E-state index in [1.54, 1.807) is 6.07 Å². The number of fused-ring (bicyclic) bond motifs is 1. The molecule has 0 spiro atoms. The molecule has 1 aromatic carbocycles. The van der Waals surface area contributed by atoms with Crippen molar-refractivity contribution < 1.29 is 29.3 Å². The predicted molar refractivity (Wildman–Crippen MR) is 113 cm³/mol. The molecule has 1 unspecified atom stereocenters. The van der Waals surface area contributed by atoms with Crippen LogP contribution in [0.25, 0.3) is 5.70 Å². The second-order valence-corrected chi connectivity index (χ2v) is 7.31. The average molecular weight is 427 g/mol. The number of hydrogen-bond acceptors (Lipinski definition) is 5. The summed E-state index contributed by atoms with van der Waals surface area (Å²) < 4.78 is 7.04. The predicted octanol–water partition coefficient (Wildman–Crippen LogP) is 2.82. The zero-order chi connectivity index (χ0) is 22.4. The minimum Gasteiger partial charge on any atom is -0.491 e. The van der Waals surface area contributed by atoms with E-state index in [4.69, 9.17) is 9.84 Å². The lowest BCUT2D eigenvalue weighted by atomic mass is 9.89. The number of benzene rings is 1. The summed E-state index contributed by atoms with van der Waals surface area (Å²) in [6.07, 6.45) is 5.10. The first-order valence-electron chi connectivity index (χ1n) is 10.2. The monoisotopic (exact) mass is 427 g/mol. The molecule has 3 rings (SSSR count). The highest BCUT2D eigenvalue weighted by atomic mass is 16.5. The summed E-state index contributed by atoms with van der Waals surface area (Å²) in [6.45, 7) is 2.65. The van der Waals surface area contributed by atoms with E-state index >= 15 is 0 Å². The number of anilines is 1. The molecule has 0 saturated heterocycles. The number of carbonyl (C=O) groups excluding carboxylic acids is 1. The lowest BCUT2D eigenvalue weighted by Crippen LogP contribution is -2.29. The van der Waals surface area contributed by atoms with Gasteiger partial charge in [-0.1, -0.05) is 25.5 Å². The van der Waals surface area contributed by atoms with Gasteiger partial charge in [-0.3, -0.25) is 9.36 Å². The summed E-state index contributed by atoms with van der Waals surface area (Å²) in [4.78, 5) is 39.5. The van der Waals surface area contributed by atoms with Gasteiger partial charge in [-0.25, -0.2) is 14.6 Å². The number of carbonyl (C=O) groups is 3. The average Bonchev–Trinajstić information content (AvgIpc) is 3.16. The normalized spacial score (nSPS) is 15.8. The van der Waals surface area contributed by atoms with Crippen LogP contribution in [-0.4, -0.2) is 44.2 Å². The number of nitrogens with zero attached hydrogens (tertiary/aromatic N) is 2. The lowest BCUT2D eigenvalue weighted by molar-refractivity contribution is -0.133. The minimum atomic E-state index is -1.36. The number of nitrogens with one attached hydrogen (secondary N) is 1. The van der Waals surface area contributed by atoms with Crippen molar-refractivity contribution in [2.45, 2.75) is 39.0 Å². The van der Waals surface area contributed by atoms with Crippen molar-refractivity contribution in [2.24, 2.45) is 5.92 Å². The summed E-state index contributed by atoms with van der Waals surface area (Å²) in [5.74, 6) is -2.59. The molecule has 1 atom stereocenters. The van der Waals surface area contributed by atoms with Gasteiger partial charge in [-0.2, -0.15) is 0 Å². The maximum absolute atomic E-state index is 12.9. The Morgan fingerprint density at radius 3 is 2.77 bits per heavy atom. The van der Waals surface area contributed by atoms with Crippen LogP contribution >= 0.6 is 0 Å². The van der Waals surface area contributed by atoms with Gasteiger partial charge < -0.3 is 20.3 Å². The number of para-hydroxylation sites is 2. The van der Waals surface area contributed by atoms with Gasteiger partial charge in [0.2, 0.25) is 5.91 Å². The number of carboxylic acids is 2. The zero-order valence-corrected chi connectivity index (χ0v) is 17.2. The van der Waals surface area contributed by atoms with Crippen LogP contribution in [0.5, 0.6) is 5.75 Å². The summed E-state index contributed by atoms with van der Waals surface area (Å²) in [6, 6.07) is 7.28. The smallest absolute Gasteiger partial charge is 0.353 e. The number of rotatable bonds is 9. The van der Waals surface area contributed by atoms with Crippen LogP contribution in [0, 0.1) is 5.92 Å². The van der Waals surface area contributed by atoms with Crippen LogP contribution in [-0.2, 0) is 27.2 Å². The fraction of sp³-hybridized carbons (Fsp3) is 0.364. The highest BCUT2D eigenvalue weighted by Gasteiger charge is 2.30. The van der Waals surface area contributed by atoms with E-state index in [-0.39, 0.29) is 17.5 Å². The Labute approximate surface area is 179 Å². The van der Waals surface area contributed by atoms with E-state index < -0.39 is 11.9 Å². The zero-order valence-electron chi connectivity index (χ0n) is 17.2. The molecule has 1 aliphatic rings. The Morgan fingerprint density at radius 2 is 2.06 bits per heavy atom. The molecule has 2 aromatic rings. The van der Waals surface area contributed by atoms with Crippen molar-refractivity contribution in [3.8, 4) is 5.75 Å². The van der Waals surface area contributed by atoms with Crippen molar-refractivity contribution in [1.82, 2.24) is 9.55 Å². The maximum Gasteiger partial charge on any atom is 0.353 e. The van der Waals surface area contributed by atoms with Crippen molar-refractivity contribution in [1.29, 1.82) is 0 Å². The quantitative estimate of drug-likeness (QED) is 0.414. The third-order valence-corrected chi connectivity index (χ3v) is 5.13. The van der Waals surface area contributed by atoms with E-state index in [1.165, 1.54) is 10.9 Å². The van der Waals surface area contributed by atoms with Gasteiger partial charge in [0, 0.05) is 18.0 Å².